The van der Waals surface area contributed by atoms with Gasteiger partial charge in [0.25, 0.3) is 10.0 Å². The van der Waals surface area contributed by atoms with Crippen molar-refractivity contribution in [3.63, 3.8) is 0 Å². The maximum atomic E-state index is 14.8. The Labute approximate surface area is 257 Å². The Balaban J connectivity index is 1.65. The second-order valence-corrected chi connectivity index (χ2v) is 15.8. The van der Waals surface area contributed by atoms with Crippen LogP contribution < -0.4 is 15.4 Å². The van der Waals surface area contributed by atoms with E-state index < -0.39 is 37.1 Å². The highest BCUT2D eigenvalue weighted by Gasteiger charge is 2.50. The molecule has 0 saturated carbocycles. The number of aliphatic hydroxyl groups is 1. The van der Waals surface area contributed by atoms with Crippen LogP contribution in [0.5, 0.6) is 0 Å². The van der Waals surface area contributed by atoms with Crippen LogP contribution in [0.3, 0.4) is 0 Å². The molecule has 0 fully saturated rings. The monoisotopic (exact) mass is 640 g/mol. The van der Waals surface area contributed by atoms with Gasteiger partial charge >= 0.3 is 0 Å². The fourth-order valence-corrected chi connectivity index (χ4v) is 7.25. The van der Waals surface area contributed by atoms with Crippen LogP contribution in [0.4, 0.5) is 11.4 Å². The van der Waals surface area contributed by atoms with E-state index in [1.807, 2.05) is 20.0 Å². The molecule has 0 amide bonds. The highest BCUT2D eigenvalue weighted by Crippen LogP contribution is 2.44. The molecule has 5 rings (SSSR count). The first kappa shape index (κ1) is 31.4. The number of sulfonamides is 2. The number of fused-ring (bicyclic) bond motifs is 2. The summed E-state index contributed by atoms with van der Waals surface area (Å²) in [5.41, 5.74) is 0.968. The van der Waals surface area contributed by atoms with Crippen LogP contribution in [-0.2, 0) is 44.0 Å². The highest BCUT2D eigenvalue weighted by molar-refractivity contribution is 7.92. The van der Waals surface area contributed by atoms with Crippen molar-refractivity contribution in [3.05, 3.63) is 76.6 Å². The molecule has 1 unspecified atom stereocenters. The molecule has 0 saturated heterocycles. The summed E-state index contributed by atoms with van der Waals surface area (Å²) in [6.45, 7) is 8.36. The van der Waals surface area contributed by atoms with Crippen molar-refractivity contribution in [3.8, 4) is 0 Å². The SMILES string of the molecule is Cc1cc(CNC2(CCC(C)(C)C)C(=O)C(C3=NS(=O)(=O)c4cc(NS(C)(=O)=O)ccc4N3)=C(O)c3ccccc32)n(C)n1. The first-order valence-electron chi connectivity index (χ1n) is 14.0. The van der Waals surface area contributed by atoms with Gasteiger partial charge < -0.3 is 10.4 Å². The summed E-state index contributed by atoms with van der Waals surface area (Å²) in [6.07, 6.45) is 1.92. The molecule has 14 heteroatoms. The van der Waals surface area contributed by atoms with Crippen LogP contribution in [0.2, 0.25) is 0 Å². The van der Waals surface area contributed by atoms with Crippen molar-refractivity contribution in [2.45, 2.75) is 57.5 Å². The zero-order valence-corrected chi connectivity index (χ0v) is 27.0. The molecule has 4 N–H and O–H groups in total. The number of carbonyl (C=O) groups is 1. The molecule has 1 aliphatic carbocycles. The van der Waals surface area contributed by atoms with Crippen LogP contribution in [0, 0.1) is 12.3 Å². The van der Waals surface area contributed by atoms with Crippen molar-refractivity contribution in [1.82, 2.24) is 15.1 Å². The number of carbonyl (C=O) groups excluding carboxylic acids is 1. The molecular formula is C30H36N6O6S2. The summed E-state index contributed by atoms with van der Waals surface area (Å²) >= 11 is 0. The van der Waals surface area contributed by atoms with E-state index in [0.717, 1.165) is 23.7 Å². The molecule has 0 radical (unpaired) electrons. The molecule has 0 spiro atoms. The number of Topliss-reactive ketones (excluding diaryl/α,β-unsaturated/α-hetero) is 1. The highest BCUT2D eigenvalue weighted by atomic mass is 32.2. The summed E-state index contributed by atoms with van der Waals surface area (Å²) in [5, 5.41) is 22.4. The Bertz CT molecular complexity index is 1950. The maximum Gasteiger partial charge on any atom is 0.286 e. The molecule has 0 bridgehead atoms. The van der Waals surface area contributed by atoms with E-state index in [1.54, 1.807) is 28.9 Å². The zero-order valence-electron chi connectivity index (χ0n) is 25.4. The number of ketones is 1. The van der Waals surface area contributed by atoms with Gasteiger partial charge in [-0.1, -0.05) is 45.0 Å². The summed E-state index contributed by atoms with van der Waals surface area (Å²) in [5.74, 6) is -1.25. The Morgan fingerprint density at radius 1 is 1.11 bits per heavy atom. The van der Waals surface area contributed by atoms with Crippen molar-refractivity contribution < 1.29 is 26.7 Å². The van der Waals surface area contributed by atoms with Crippen molar-refractivity contribution in [1.29, 1.82) is 0 Å². The van der Waals surface area contributed by atoms with E-state index in [0.29, 0.717) is 24.0 Å². The number of rotatable bonds is 8. The third kappa shape index (κ3) is 6.01. The molecule has 2 aromatic carbocycles. The fraction of sp³-hybridized carbons (Fsp3) is 0.367. The number of hydrogen-bond donors (Lipinski definition) is 4. The van der Waals surface area contributed by atoms with E-state index in [1.165, 1.54) is 12.1 Å². The minimum atomic E-state index is -4.41. The molecule has 1 aliphatic heterocycles. The van der Waals surface area contributed by atoms with Crippen LogP contribution >= 0.6 is 0 Å². The first-order valence-corrected chi connectivity index (χ1v) is 17.3. The molecule has 1 atom stereocenters. The summed E-state index contributed by atoms with van der Waals surface area (Å²) in [6, 6.07) is 12.9. The number of nitrogens with one attached hydrogen (secondary N) is 3. The predicted molar refractivity (Wildman–Crippen MR) is 169 cm³/mol. The average molecular weight is 641 g/mol. The Kier molecular flexibility index (Phi) is 7.75. The van der Waals surface area contributed by atoms with E-state index in [-0.39, 0.29) is 39.6 Å². The Hall–Kier alpha value is -4.01. The number of aromatic nitrogens is 2. The molecule has 234 valence electrons. The fourth-order valence-electron chi connectivity index (χ4n) is 5.55. The van der Waals surface area contributed by atoms with Gasteiger partial charge in [-0.05, 0) is 55.0 Å². The first-order chi connectivity index (χ1) is 20.4. The van der Waals surface area contributed by atoms with E-state index in [9.17, 15) is 26.7 Å². The Morgan fingerprint density at radius 3 is 2.45 bits per heavy atom. The lowest BCUT2D eigenvalue weighted by Crippen LogP contribution is -2.54. The van der Waals surface area contributed by atoms with Gasteiger partial charge in [0.2, 0.25) is 10.0 Å². The second-order valence-electron chi connectivity index (χ2n) is 12.4. The molecule has 44 heavy (non-hydrogen) atoms. The minimum absolute atomic E-state index is 0.0378. The number of aliphatic hydroxyl groups excluding tert-OH is 1. The third-order valence-corrected chi connectivity index (χ3v) is 9.60. The number of aryl methyl sites for hydroxylation is 2. The molecule has 2 heterocycles. The number of hydrogen-bond acceptors (Lipinski definition) is 9. The van der Waals surface area contributed by atoms with Gasteiger partial charge in [-0.15, -0.1) is 4.40 Å². The zero-order chi connectivity index (χ0) is 32.2. The number of benzene rings is 2. The maximum absolute atomic E-state index is 14.8. The summed E-state index contributed by atoms with van der Waals surface area (Å²) < 4.78 is 58.2. The number of nitrogens with zero attached hydrogens (tertiary/aromatic N) is 3. The van der Waals surface area contributed by atoms with E-state index in [4.69, 9.17) is 0 Å². The summed E-state index contributed by atoms with van der Waals surface area (Å²) in [7, 11) is -6.26. The van der Waals surface area contributed by atoms with Crippen LogP contribution in [0.1, 0.15) is 56.1 Å². The average Bonchev–Trinajstić information content (AvgIpc) is 3.23. The number of anilines is 2. The van der Waals surface area contributed by atoms with Crippen molar-refractivity contribution in [2.24, 2.45) is 16.9 Å². The molecule has 2 aliphatic rings. The summed E-state index contributed by atoms with van der Waals surface area (Å²) in [4.78, 5) is 14.5. The van der Waals surface area contributed by atoms with Crippen LogP contribution in [0.25, 0.3) is 5.76 Å². The van der Waals surface area contributed by atoms with Gasteiger partial charge in [-0.2, -0.15) is 13.5 Å². The van der Waals surface area contributed by atoms with E-state index in [2.05, 4.69) is 45.6 Å². The Morgan fingerprint density at radius 2 is 1.82 bits per heavy atom. The molecule has 1 aromatic heterocycles. The topological polar surface area (TPSA) is 172 Å². The van der Waals surface area contributed by atoms with Gasteiger partial charge in [-0.3, -0.25) is 19.5 Å². The van der Waals surface area contributed by atoms with Gasteiger partial charge in [-0.25, -0.2) is 8.42 Å². The second kappa shape index (κ2) is 10.9. The normalized spacial score (nSPS) is 19.6. The molecular weight excluding hydrogens is 604 g/mol. The standard InChI is InChI=1S/C30H36N6O6S2/c1-18-15-20(36(5)33-18)17-31-30(14-13-29(2,3)4)22-10-8-7-9-21(22)26(37)25(27(30)38)28-32-23-12-11-19(34-43(6,39)40)16-24(23)44(41,42)35-28/h7-12,15-16,31,34,37H,13-14,17H2,1-6H3,(H,32,35). The van der Waals surface area contributed by atoms with E-state index >= 15 is 0 Å². The van der Waals surface area contributed by atoms with Crippen LogP contribution in [0.15, 0.2) is 63.4 Å². The minimum Gasteiger partial charge on any atom is -0.506 e. The third-order valence-electron chi connectivity index (χ3n) is 7.68. The number of amidine groups is 1. The largest absolute Gasteiger partial charge is 0.506 e. The van der Waals surface area contributed by atoms with Gasteiger partial charge in [0.05, 0.1) is 23.3 Å². The quantitative estimate of drug-likeness (QED) is 0.284. The molecule has 12 nitrogen and oxygen atoms in total. The lowest BCUT2D eigenvalue weighted by atomic mass is 9.69. The smallest absolute Gasteiger partial charge is 0.286 e. The predicted octanol–water partition coefficient (Wildman–Crippen LogP) is 3.98. The lowest BCUT2D eigenvalue weighted by Gasteiger charge is -2.41. The molecule has 3 aromatic rings. The van der Waals surface area contributed by atoms with Gasteiger partial charge in [0.15, 0.2) is 11.6 Å². The van der Waals surface area contributed by atoms with Crippen molar-refractivity contribution >= 4 is 48.8 Å². The van der Waals surface area contributed by atoms with Gasteiger partial charge in [0.1, 0.15) is 21.8 Å². The van der Waals surface area contributed by atoms with Crippen molar-refractivity contribution in [2.75, 3.05) is 16.3 Å². The van der Waals surface area contributed by atoms with Gasteiger partial charge in [0, 0.05) is 24.8 Å². The lowest BCUT2D eigenvalue weighted by molar-refractivity contribution is -0.122. The van der Waals surface area contributed by atoms with Crippen LogP contribution in [-0.4, -0.2) is 49.6 Å².